The third-order valence-corrected chi connectivity index (χ3v) is 14.7. The molecule has 1 aromatic heterocycles. The number of nitrogens with one attached hydrogen (secondary N) is 3. The van der Waals surface area contributed by atoms with Crippen LogP contribution in [0.1, 0.15) is 90.2 Å². The van der Waals surface area contributed by atoms with Crippen LogP contribution in [0.3, 0.4) is 0 Å². The Morgan fingerprint density at radius 2 is 1.35 bits per heavy atom. The topological polar surface area (TPSA) is 168 Å². The highest BCUT2D eigenvalue weighted by molar-refractivity contribution is 6.32. The van der Waals surface area contributed by atoms with Gasteiger partial charge >= 0.3 is 24.5 Å². The van der Waals surface area contributed by atoms with Gasteiger partial charge in [0, 0.05) is 35.3 Å². The number of H-pyrrole nitrogens is 1. The molecule has 2 saturated heterocycles. The smallest absolute Gasteiger partial charge is 0.407 e. The van der Waals surface area contributed by atoms with Gasteiger partial charge in [-0.15, -0.1) is 0 Å². The molecular formula is C48H52ClF6N7O7. The van der Waals surface area contributed by atoms with Gasteiger partial charge in [-0.1, -0.05) is 29.8 Å². The number of aliphatic imine (C=N–C) groups is 1. The second kappa shape index (κ2) is 17.7. The number of imidazole rings is 1. The summed E-state index contributed by atoms with van der Waals surface area (Å²) in [7, 11) is 2.01. The van der Waals surface area contributed by atoms with Gasteiger partial charge in [-0.3, -0.25) is 14.6 Å². The first-order chi connectivity index (χ1) is 32.3. The molecule has 0 saturated carbocycles. The standard InChI is InChI=1S/C48H52ClF6N7O7/c1-22-9-15-33(61(22)41(63)37(58-43(65)67-7)45(3,4)47(50,51)52)32-19-29-28-20-35-30(18-24(28)12-14-31(29)56-32)27-13-11-25(17-26(27)21-69-35)36-39(49)60-40(57-36)34-16-10-23(2)62(34)42(64)38(59-44(66)68-8)46(5,6)48(53,54)55/h11-14,17-18,20,22-23,33-34,37-38H,9-10,15-16,19,21H2,1-8H3,(H,57,60)(H,58,65)(H,59,66)/t22-,23-,33-,34-,37+,38+/m0/s1. The summed E-state index contributed by atoms with van der Waals surface area (Å²) in [6.07, 6.45) is -9.89. The van der Waals surface area contributed by atoms with Crippen molar-refractivity contribution in [2.45, 2.75) is 129 Å². The maximum Gasteiger partial charge on any atom is 0.407 e. The number of alkyl carbamates (subject to hydrolysis) is 2. The molecule has 4 aliphatic heterocycles. The molecule has 3 N–H and O–H groups in total. The molecule has 0 aliphatic carbocycles. The van der Waals surface area contributed by atoms with Crippen molar-refractivity contribution in [3.63, 3.8) is 0 Å². The van der Waals surface area contributed by atoms with E-state index in [0.29, 0.717) is 60.5 Å². The Balaban J connectivity index is 1.04. The van der Waals surface area contributed by atoms with Gasteiger partial charge in [0.15, 0.2) is 0 Å². The summed E-state index contributed by atoms with van der Waals surface area (Å²) in [5, 5.41) is 6.16. The van der Waals surface area contributed by atoms with Crippen molar-refractivity contribution in [2.24, 2.45) is 15.8 Å². The minimum atomic E-state index is -4.86. The molecule has 3 aromatic carbocycles. The summed E-state index contributed by atoms with van der Waals surface area (Å²) < 4.78 is 102. The van der Waals surface area contributed by atoms with Gasteiger partial charge in [0.25, 0.3) is 0 Å². The lowest BCUT2D eigenvalue weighted by molar-refractivity contribution is -0.222. The van der Waals surface area contributed by atoms with Gasteiger partial charge in [0.05, 0.1) is 42.8 Å². The van der Waals surface area contributed by atoms with Crippen molar-refractivity contribution in [3.8, 4) is 28.1 Å². The van der Waals surface area contributed by atoms with Gasteiger partial charge in [-0.25, -0.2) is 14.6 Å². The minimum absolute atomic E-state index is 0.151. The average Bonchev–Trinajstić information content (AvgIpc) is 4.09. The number of ether oxygens (including phenoxy) is 3. The molecule has 69 heavy (non-hydrogen) atoms. The summed E-state index contributed by atoms with van der Waals surface area (Å²) in [5.74, 6) is -0.942. The SMILES string of the molecule is COC(=O)N[C@H](C(=O)N1[C@@H](C)CC[C@H]1C1=Nc2ccc3cc4c(cc3c2C1)OCc1cc(-c2nc([C@@H]3CC[C@H](C)N3C(=O)[C@@H](NC(=O)OC)C(C)(C)C(F)(F)F)[nH]c2Cl)ccc1-4)C(C)(C)C(F)(F)F. The second-order valence-corrected chi connectivity index (χ2v) is 19.7. The zero-order valence-electron chi connectivity index (χ0n) is 39.0. The Labute approximate surface area is 398 Å². The highest BCUT2D eigenvalue weighted by Gasteiger charge is 2.59. The highest BCUT2D eigenvalue weighted by Crippen LogP contribution is 2.48. The van der Waals surface area contributed by atoms with Gasteiger partial charge in [-0.05, 0) is 119 Å². The number of alkyl halides is 6. The summed E-state index contributed by atoms with van der Waals surface area (Å²) in [5.41, 5.74) is 0.373. The fourth-order valence-corrected chi connectivity index (χ4v) is 10.2. The van der Waals surface area contributed by atoms with E-state index in [1.54, 1.807) is 13.8 Å². The van der Waals surface area contributed by atoms with Crippen LogP contribution in [0.25, 0.3) is 33.2 Å². The van der Waals surface area contributed by atoms with E-state index < -0.39 is 83.4 Å². The molecule has 6 atom stereocenters. The fraction of sp³-hybridized carbons (Fsp3) is 0.500. The van der Waals surface area contributed by atoms with Crippen LogP contribution >= 0.6 is 11.6 Å². The molecule has 8 rings (SSSR count). The predicted octanol–water partition coefficient (Wildman–Crippen LogP) is 10.1. The van der Waals surface area contributed by atoms with Crippen LogP contribution in [0.2, 0.25) is 5.15 Å². The number of rotatable bonds is 9. The van der Waals surface area contributed by atoms with Gasteiger partial charge in [0.1, 0.15) is 41.1 Å². The number of carbonyl (C=O) groups is 4. The highest BCUT2D eigenvalue weighted by atomic mass is 35.5. The van der Waals surface area contributed by atoms with E-state index in [1.807, 2.05) is 42.5 Å². The van der Waals surface area contributed by atoms with Gasteiger partial charge in [0.2, 0.25) is 11.8 Å². The summed E-state index contributed by atoms with van der Waals surface area (Å²) >= 11 is 6.77. The maximum atomic E-state index is 14.4. The molecule has 0 radical (unpaired) electrons. The molecule has 0 unspecified atom stereocenters. The Hall–Kier alpha value is -6.05. The largest absolute Gasteiger partial charge is 0.488 e. The molecule has 0 bridgehead atoms. The minimum Gasteiger partial charge on any atom is -0.488 e. The number of fused-ring (bicyclic) bond motifs is 6. The summed E-state index contributed by atoms with van der Waals surface area (Å²) in [6, 6.07) is 7.10. The first-order valence-electron chi connectivity index (χ1n) is 22.4. The van der Waals surface area contributed by atoms with E-state index in [-0.39, 0.29) is 17.6 Å². The molecule has 21 heteroatoms. The molecule has 2 fully saturated rings. The number of hydrogen-bond donors (Lipinski definition) is 3. The van der Waals surface area contributed by atoms with Gasteiger partial charge in [-0.2, -0.15) is 26.3 Å². The third-order valence-electron chi connectivity index (χ3n) is 14.4. The van der Waals surface area contributed by atoms with Crippen molar-refractivity contribution >= 4 is 57.8 Å². The number of likely N-dealkylation sites (tertiary alicyclic amines) is 2. The number of aromatic amines is 1. The van der Waals surface area contributed by atoms with E-state index in [2.05, 4.69) is 25.1 Å². The number of carbonyl (C=O) groups excluding carboxylic acids is 4. The molecule has 4 amide bonds. The van der Waals surface area contributed by atoms with Crippen LogP contribution in [0.4, 0.5) is 41.6 Å². The molecule has 4 aliphatic rings. The number of methoxy groups -OCH3 is 2. The van der Waals surface area contributed by atoms with E-state index in [0.717, 1.165) is 74.9 Å². The second-order valence-electron chi connectivity index (χ2n) is 19.3. The number of hydrogen-bond acceptors (Lipinski definition) is 9. The normalized spacial score (nSPS) is 21.2. The molecule has 0 spiro atoms. The summed E-state index contributed by atoms with van der Waals surface area (Å²) in [4.78, 5) is 68.2. The van der Waals surface area contributed by atoms with Crippen molar-refractivity contribution < 1.29 is 59.7 Å². The maximum absolute atomic E-state index is 14.4. The molecule has 4 aromatic rings. The van der Waals surface area contributed by atoms with Crippen molar-refractivity contribution in [1.82, 2.24) is 30.4 Å². The third kappa shape index (κ3) is 8.59. The average molecular weight is 988 g/mol. The number of halogens is 7. The van der Waals surface area contributed by atoms with Crippen molar-refractivity contribution in [3.05, 3.63) is 64.6 Å². The number of nitrogens with zero attached hydrogens (tertiary/aromatic N) is 4. The molecule has 370 valence electrons. The van der Waals surface area contributed by atoms with Crippen LogP contribution in [-0.4, -0.2) is 106 Å². The first kappa shape index (κ1) is 49.4. The Morgan fingerprint density at radius 3 is 1.91 bits per heavy atom. The van der Waals surface area contributed by atoms with Crippen LogP contribution in [0.15, 0.2) is 47.5 Å². The number of benzene rings is 3. The fourth-order valence-electron chi connectivity index (χ4n) is 9.97. The number of amides is 4. The van der Waals surface area contributed by atoms with Gasteiger partial charge < -0.3 is 39.6 Å². The molecule has 5 heterocycles. The molecular weight excluding hydrogens is 936 g/mol. The first-order valence-corrected chi connectivity index (χ1v) is 22.8. The Kier molecular flexibility index (Phi) is 12.7. The summed E-state index contributed by atoms with van der Waals surface area (Å²) in [6.45, 7) is 7.10. The zero-order chi connectivity index (χ0) is 50.3. The van der Waals surface area contributed by atoms with Crippen LogP contribution in [0, 0.1) is 10.8 Å². The van der Waals surface area contributed by atoms with Crippen molar-refractivity contribution in [2.75, 3.05) is 14.2 Å². The van der Waals surface area contributed by atoms with Crippen molar-refractivity contribution in [1.29, 1.82) is 0 Å². The lowest BCUT2D eigenvalue weighted by Crippen LogP contribution is -2.62. The van der Waals surface area contributed by atoms with E-state index in [1.165, 1.54) is 9.80 Å². The Morgan fingerprint density at radius 1 is 0.783 bits per heavy atom. The van der Waals surface area contributed by atoms with E-state index >= 15 is 0 Å². The number of aromatic nitrogens is 2. The van der Waals surface area contributed by atoms with E-state index in [4.69, 9.17) is 26.3 Å². The zero-order valence-corrected chi connectivity index (χ0v) is 39.8. The lowest BCUT2D eigenvalue weighted by atomic mass is 9.82. The predicted molar refractivity (Wildman–Crippen MR) is 243 cm³/mol. The van der Waals surface area contributed by atoms with Crippen LogP contribution in [-0.2, 0) is 32.1 Å². The monoisotopic (exact) mass is 987 g/mol. The van der Waals surface area contributed by atoms with E-state index in [9.17, 15) is 45.5 Å². The quantitative estimate of drug-likeness (QED) is 0.139. The molecule has 14 nitrogen and oxygen atoms in total. The Bertz CT molecular complexity index is 2770. The van der Waals surface area contributed by atoms with Crippen LogP contribution in [0.5, 0.6) is 5.75 Å². The van der Waals surface area contributed by atoms with Crippen LogP contribution < -0.4 is 15.4 Å². The lowest BCUT2D eigenvalue weighted by Gasteiger charge is -2.39.